The minimum absolute atomic E-state index is 0.274. The van der Waals surface area contributed by atoms with Crippen LogP contribution < -0.4 is 10.1 Å². The van der Waals surface area contributed by atoms with Crippen molar-refractivity contribution in [3.8, 4) is 5.75 Å². The predicted molar refractivity (Wildman–Crippen MR) is 70.2 cm³/mol. The number of rotatable bonds is 4. The van der Waals surface area contributed by atoms with Gasteiger partial charge >= 0.3 is 0 Å². The average Bonchev–Trinajstić information content (AvgIpc) is 2.76. The molecule has 0 atom stereocenters. The largest absolute Gasteiger partial charge is 0.484 e. The lowest BCUT2D eigenvalue weighted by Crippen LogP contribution is -2.00. The van der Waals surface area contributed by atoms with Gasteiger partial charge in [0.1, 0.15) is 17.3 Å². The van der Waals surface area contributed by atoms with E-state index in [0.717, 1.165) is 10.7 Å². The number of anilines is 1. The Bertz CT molecular complexity index is 498. The van der Waals surface area contributed by atoms with E-state index in [9.17, 15) is 0 Å². The summed E-state index contributed by atoms with van der Waals surface area (Å²) in [5, 5.41) is 8.77. The highest BCUT2D eigenvalue weighted by atomic mass is 35.5. The fourth-order valence-corrected chi connectivity index (χ4v) is 2.28. The molecule has 0 amide bonds. The summed E-state index contributed by atoms with van der Waals surface area (Å²) < 4.78 is 9.39. The van der Waals surface area contributed by atoms with Crippen LogP contribution in [0.3, 0.4) is 0 Å². The Kier molecular flexibility index (Phi) is 4.04. The minimum atomic E-state index is 0.274. The van der Waals surface area contributed by atoms with Crippen molar-refractivity contribution >= 4 is 39.7 Å². The maximum atomic E-state index is 5.98. The molecule has 0 aliphatic heterocycles. The summed E-state index contributed by atoms with van der Waals surface area (Å²) >= 11 is 13.2. The highest BCUT2D eigenvalue weighted by Crippen LogP contribution is 2.33. The van der Waals surface area contributed by atoms with Crippen LogP contribution in [-0.4, -0.2) is 16.6 Å². The second kappa shape index (κ2) is 5.53. The molecule has 17 heavy (non-hydrogen) atoms. The number of nitrogens with zero attached hydrogens (tertiary/aromatic N) is 2. The first kappa shape index (κ1) is 12.4. The Balaban J connectivity index is 2.13. The zero-order valence-electron chi connectivity index (χ0n) is 8.91. The van der Waals surface area contributed by atoms with Crippen LogP contribution in [-0.2, 0) is 6.61 Å². The first-order valence-electron chi connectivity index (χ1n) is 4.78. The Labute approximate surface area is 113 Å². The minimum Gasteiger partial charge on any atom is -0.484 e. The van der Waals surface area contributed by atoms with E-state index in [0.29, 0.717) is 15.8 Å². The molecular formula is C10H9Cl2N3OS. The summed E-state index contributed by atoms with van der Waals surface area (Å²) in [6.07, 6.45) is 0. The third-order valence-corrected chi connectivity index (χ3v) is 3.44. The number of ether oxygens (including phenoxy) is 1. The molecule has 1 aromatic carbocycles. The number of hydrogen-bond acceptors (Lipinski definition) is 5. The second-order valence-corrected chi connectivity index (χ2v) is 4.71. The van der Waals surface area contributed by atoms with Gasteiger partial charge in [0.25, 0.3) is 0 Å². The fraction of sp³-hybridized carbons (Fsp3) is 0.200. The van der Waals surface area contributed by atoms with E-state index in [2.05, 4.69) is 14.9 Å². The predicted octanol–water partition coefficient (Wildman–Crippen LogP) is 3.47. The molecule has 0 radical (unpaired) electrons. The van der Waals surface area contributed by atoms with E-state index in [1.807, 2.05) is 0 Å². The van der Waals surface area contributed by atoms with Crippen LogP contribution in [0.1, 0.15) is 5.69 Å². The molecule has 0 saturated carbocycles. The van der Waals surface area contributed by atoms with Crippen molar-refractivity contribution in [2.75, 3.05) is 12.4 Å². The first-order valence-corrected chi connectivity index (χ1v) is 6.31. The number of nitrogens with one attached hydrogen (secondary N) is 1. The van der Waals surface area contributed by atoms with Gasteiger partial charge in [-0.3, -0.25) is 0 Å². The van der Waals surface area contributed by atoms with Crippen molar-refractivity contribution in [3.05, 3.63) is 33.9 Å². The Morgan fingerprint density at radius 2 is 2.06 bits per heavy atom. The molecular weight excluding hydrogens is 281 g/mol. The van der Waals surface area contributed by atoms with Gasteiger partial charge < -0.3 is 10.1 Å². The Morgan fingerprint density at radius 3 is 2.71 bits per heavy atom. The SMILES string of the molecule is CNc1snnc1COc1c(Cl)cccc1Cl. The molecule has 1 aromatic heterocycles. The van der Waals surface area contributed by atoms with Gasteiger partial charge in [-0.15, -0.1) is 5.10 Å². The molecule has 0 aliphatic carbocycles. The van der Waals surface area contributed by atoms with E-state index < -0.39 is 0 Å². The van der Waals surface area contributed by atoms with E-state index in [1.54, 1.807) is 25.2 Å². The van der Waals surface area contributed by atoms with Crippen molar-refractivity contribution in [2.45, 2.75) is 6.61 Å². The summed E-state index contributed by atoms with van der Waals surface area (Å²) in [7, 11) is 1.81. The van der Waals surface area contributed by atoms with Crippen LogP contribution in [0.4, 0.5) is 5.00 Å². The summed E-state index contributed by atoms with van der Waals surface area (Å²) in [4.78, 5) is 0. The fourth-order valence-electron chi connectivity index (χ4n) is 1.25. The lowest BCUT2D eigenvalue weighted by molar-refractivity contribution is 0.302. The Morgan fingerprint density at radius 1 is 1.35 bits per heavy atom. The van der Waals surface area contributed by atoms with E-state index in [4.69, 9.17) is 27.9 Å². The molecule has 0 saturated heterocycles. The Hall–Kier alpha value is -1.04. The highest BCUT2D eigenvalue weighted by molar-refractivity contribution is 7.10. The van der Waals surface area contributed by atoms with Crippen molar-refractivity contribution in [2.24, 2.45) is 0 Å². The molecule has 1 heterocycles. The lowest BCUT2D eigenvalue weighted by Gasteiger charge is -2.08. The van der Waals surface area contributed by atoms with Gasteiger partial charge in [-0.25, -0.2) is 0 Å². The van der Waals surface area contributed by atoms with Crippen LogP contribution >= 0.6 is 34.7 Å². The van der Waals surface area contributed by atoms with E-state index >= 15 is 0 Å². The topological polar surface area (TPSA) is 47.0 Å². The van der Waals surface area contributed by atoms with Gasteiger partial charge in [-0.05, 0) is 12.1 Å². The summed E-state index contributed by atoms with van der Waals surface area (Å²) in [6.45, 7) is 0.274. The third kappa shape index (κ3) is 2.80. The van der Waals surface area contributed by atoms with Crippen LogP contribution in [0, 0.1) is 0 Å². The number of hydrogen-bond donors (Lipinski definition) is 1. The smallest absolute Gasteiger partial charge is 0.157 e. The summed E-state index contributed by atoms with van der Waals surface area (Å²) in [5.74, 6) is 0.464. The maximum Gasteiger partial charge on any atom is 0.157 e. The average molecular weight is 290 g/mol. The monoisotopic (exact) mass is 289 g/mol. The quantitative estimate of drug-likeness (QED) is 0.936. The van der Waals surface area contributed by atoms with Gasteiger partial charge in [-0.1, -0.05) is 33.8 Å². The van der Waals surface area contributed by atoms with Crippen molar-refractivity contribution < 1.29 is 4.74 Å². The van der Waals surface area contributed by atoms with Gasteiger partial charge in [0, 0.05) is 18.6 Å². The van der Waals surface area contributed by atoms with Crippen LogP contribution in [0.2, 0.25) is 10.0 Å². The molecule has 2 aromatic rings. The summed E-state index contributed by atoms with van der Waals surface area (Å²) in [5.41, 5.74) is 0.730. The van der Waals surface area contributed by atoms with Gasteiger partial charge in [-0.2, -0.15) is 0 Å². The normalized spacial score (nSPS) is 10.3. The molecule has 1 N–H and O–H groups in total. The number of aromatic nitrogens is 2. The van der Waals surface area contributed by atoms with Crippen LogP contribution in [0.5, 0.6) is 5.75 Å². The van der Waals surface area contributed by atoms with E-state index in [1.165, 1.54) is 11.5 Å². The van der Waals surface area contributed by atoms with E-state index in [-0.39, 0.29) is 6.61 Å². The molecule has 7 heteroatoms. The third-order valence-electron chi connectivity index (χ3n) is 2.05. The van der Waals surface area contributed by atoms with Gasteiger partial charge in [0.15, 0.2) is 5.75 Å². The molecule has 0 unspecified atom stereocenters. The van der Waals surface area contributed by atoms with Crippen molar-refractivity contribution in [3.63, 3.8) is 0 Å². The zero-order chi connectivity index (χ0) is 12.3. The standard InChI is InChI=1S/C10H9Cl2N3OS/c1-13-10-8(14-15-17-10)5-16-9-6(11)3-2-4-7(9)12/h2-4,13H,5H2,1H3. The molecule has 0 bridgehead atoms. The number of para-hydroxylation sites is 1. The molecule has 4 nitrogen and oxygen atoms in total. The second-order valence-electron chi connectivity index (χ2n) is 3.14. The molecule has 0 spiro atoms. The van der Waals surface area contributed by atoms with Gasteiger partial charge in [0.05, 0.1) is 10.0 Å². The molecule has 0 fully saturated rings. The van der Waals surface area contributed by atoms with Crippen molar-refractivity contribution in [1.29, 1.82) is 0 Å². The zero-order valence-corrected chi connectivity index (χ0v) is 11.2. The maximum absolute atomic E-state index is 5.98. The van der Waals surface area contributed by atoms with Gasteiger partial charge in [0.2, 0.25) is 0 Å². The highest BCUT2D eigenvalue weighted by Gasteiger charge is 2.10. The number of halogens is 2. The molecule has 2 rings (SSSR count). The number of benzene rings is 1. The molecule has 0 aliphatic rings. The first-order chi connectivity index (χ1) is 8.22. The lowest BCUT2D eigenvalue weighted by atomic mass is 10.3. The van der Waals surface area contributed by atoms with Crippen LogP contribution in [0.25, 0.3) is 0 Å². The summed E-state index contributed by atoms with van der Waals surface area (Å²) in [6, 6.07) is 5.21. The van der Waals surface area contributed by atoms with Crippen molar-refractivity contribution in [1.82, 2.24) is 9.59 Å². The van der Waals surface area contributed by atoms with Crippen LogP contribution in [0.15, 0.2) is 18.2 Å². The molecule has 90 valence electrons.